The summed E-state index contributed by atoms with van der Waals surface area (Å²) in [5.41, 5.74) is -0.0563. The number of carbonyl (C=O) groups excluding carboxylic acids is 2. The van der Waals surface area contributed by atoms with Crippen LogP contribution in [0.1, 0.15) is 33.3 Å². The molecule has 0 aliphatic carbocycles. The Hall–Kier alpha value is -2.48. The van der Waals surface area contributed by atoms with Crippen LogP contribution in [-0.4, -0.2) is 42.8 Å². The Kier molecular flexibility index (Phi) is 9.05. The number of benzene rings is 1. The van der Waals surface area contributed by atoms with E-state index < -0.39 is 36.2 Å². The number of rotatable bonds is 9. The lowest BCUT2D eigenvalue weighted by Gasteiger charge is -2.27. The Balaban J connectivity index is 2.82. The second-order valence-corrected chi connectivity index (χ2v) is 6.96. The zero-order valence-corrected chi connectivity index (χ0v) is 16.5. The van der Waals surface area contributed by atoms with Gasteiger partial charge in [-0.3, -0.25) is 0 Å². The lowest BCUT2D eigenvalue weighted by atomic mass is 10.1. The van der Waals surface area contributed by atoms with Crippen LogP contribution in [0.25, 0.3) is 0 Å². The molecule has 156 valence electrons. The van der Waals surface area contributed by atoms with Gasteiger partial charge in [-0.2, -0.15) is 8.78 Å². The summed E-state index contributed by atoms with van der Waals surface area (Å²) in [6.07, 6.45) is 0.00800. The van der Waals surface area contributed by atoms with E-state index in [1.54, 1.807) is 52.0 Å². The number of nitrogens with one attached hydrogen (secondary N) is 1. The predicted molar refractivity (Wildman–Crippen MR) is 100.0 cm³/mol. The molecular weight excluding hydrogens is 372 g/mol. The van der Waals surface area contributed by atoms with Gasteiger partial charge in [-0.05, 0) is 39.3 Å². The maximum absolute atomic E-state index is 14.6. The van der Waals surface area contributed by atoms with Gasteiger partial charge in [0.1, 0.15) is 11.6 Å². The maximum atomic E-state index is 14.6. The van der Waals surface area contributed by atoms with Crippen molar-refractivity contribution in [1.82, 2.24) is 5.32 Å². The number of esters is 1. The maximum Gasteiger partial charge on any atom is 0.408 e. The molecule has 6 nitrogen and oxygen atoms in total. The van der Waals surface area contributed by atoms with Gasteiger partial charge in [-0.25, -0.2) is 9.59 Å². The average molecular weight is 399 g/mol. The van der Waals surface area contributed by atoms with E-state index in [2.05, 4.69) is 10.1 Å². The van der Waals surface area contributed by atoms with Crippen LogP contribution in [0, 0.1) is 0 Å². The normalized spacial score (nSPS) is 13.2. The van der Waals surface area contributed by atoms with Gasteiger partial charge in [0.25, 0.3) is 5.92 Å². The fourth-order valence-electron chi connectivity index (χ4n) is 2.05. The number of ether oxygens (including phenoxy) is 3. The van der Waals surface area contributed by atoms with Crippen molar-refractivity contribution in [3.8, 4) is 0 Å². The zero-order chi connectivity index (χ0) is 21.2. The van der Waals surface area contributed by atoms with Crippen molar-refractivity contribution in [1.29, 1.82) is 0 Å². The molecule has 1 unspecified atom stereocenters. The minimum Gasteiger partial charge on any atom is -0.463 e. The van der Waals surface area contributed by atoms with Gasteiger partial charge in [0, 0.05) is 6.08 Å². The summed E-state index contributed by atoms with van der Waals surface area (Å²) in [6, 6.07) is 7.25. The van der Waals surface area contributed by atoms with E-state index in [0.717, 1.165) is 5.56 Å². The standard InChI is InChI=1S/C20H27F2NO5/c1-5-27-17(24)11-12-20(21,22)16(23-18(25)28-19(2,3)4)14-26-13-15-9-7-6-8-10-15/h6-12,16H,5,13-14H2,1-4H3,(H,23,25)/b12-11+. The first-order valence-electron chi connectivity index (χ1n) is 8.88. The SMILES string of the molecule is CCOC(=O)/C=C/C(F)(F)C(COCc1ccccc1)NC(=O)OC(C)(C)C. The molecule has 1 atom stereocenters. The molecule has 0 fully saturated rings. The molecule has 1 amide bonds. The van der Waals surface area contributed by atoms with Crippen molar-refractivity contribution < 1.29 is 32.6 Å². The monoisotopic (exact) mass is 399 g/mol. The highest BCUT2D eigenvalue weighted by molar-refractivity contribution is 5.82. The van der Waals surface area contributed by atoms with Gasteiger partial charge in [0.2, 0.25) is 0 Å². The largest absolute Gasteiger partial charge is 0.463 e. The van der Waals surface area contributed by atoms with Crippen molar-refractivity contribution in [2.75, 3.05) is 13.2 Å². The third-order valence-corrected chi connectivity index (χ3v) is 3.28. The van der Waals surface area contributed by atoms with Gasteiger partial charge in [0.05, 0.1) is 19.8 Å². The molecule has 28 heavy (non-hydrogen) atoms. The Bertz CT molecular complexity index is 656. The van der Waals surface area contributed by atoms with E-state index in [1.807, 2.05) is 6.07 Å². The molecule has 1 N–H and O–H groups in total. The molecule has 8 heteroatoms. The molecule has 0 radical (unpaired) electrons. The minimum absolute atomic E-state index is 0.0640. The molecule has 1 rings (SSSR count). The average Bonchev–Trinajstić information content (AvgIpc) is 2.59. The number of alkyl halides is 2. The summed E-state index contributed by atoms with van der Waals surface area (Å²) in [6.45, 7) is 6.08. The molecule has 0 heterocycles. The fourth-order valence-corrected chi connectivity index (χ4v) is 2.05. The van der Waals surface area contributed by atoms with Gasteiger partial charge in [-0.15, -0.1) is 0 Å². The summed E-state index contributed by atoms with van der Waals surface area (Å²) in [5, 5.41) is 2.12. The number of hydrogen-bond donors (Lipinski definition) is 1. The highest BCUT2D eigenvalue weighted by atomic mass is 19.3. The summed E-state index contributed by atoms with van der Waals surface area (Å²) in [4.78, 5) is 23.3. The molecule has 0 spiro atoms. The highest BCUT2D eigenvalue weighted by Crippen LogP contribution is 2.22. The first-order valence-corrected chi connectivity index (χ1v) is 8.88. The molecule has 0 saturated heterocycles. The summed E-state index contributed by atoms with van der Waals surface area (Å²) in [5.74, 6) is -4.47. The summed E-state index contributed by atoms with van der Waals surface area (Å²) < 4.78 is 44.1. The van der Waals surface area contributed by atoms with Crippen molar-refractivity contribution >= 4 is 12.1 Å². The van der Waals surface area contributed by atoms with Crippen LogP contribution in [0.3, 0.4) is 0 Å². The van der Waals surface area contributed by atoms with Crippen molar-refractivity contribution in [2.45, 2.75) is 51.9 Å². The second kappa shape index (κ2) is 10.8. The first-order chi connectivity index (χ1) is 13.0. The van der Waals surface area contributed by atoms with Crippen molar-refractivity contribution in [3.63, 3.8) is 0 Å². The van der Waals surface area contributed by atoms with Crippen molar-refractivity contribution in [3.05, 3.63) is 48.0 Å². The Morgan fingerprint density at radius 1 is 1.18 bits per heavy atom. The molecular formula is C20H27F2NO5. The first kappa shape index (κ1) is 23.6. The third-order valence-electron chi connectivity index (χ3n) is 3.28. The smallest absolute Gasteiger partial charge is 0.408 e. The van der Waals surface area contributed by atoms with E-state index in [0.29, 0.717) is 12.2 Å². The zero-order valence-electron chi connectivity index (χ0n) is 16.5. The fraction of sp³-hybridized carbons (Fsp3) is 0.500. The van der Waals surface area contributed by atoms with Gasteiger partial charge in [0.15, 0.2) is 0 Å². The predicted octanol–water partition coefficient (Wildman–Crippen LogP) is 3.85. The topological polar surface area (TPSA) is 73.9 Å². The van der Waals surface area contributed by atoms with Gasteiger partial charge in [-0.1, -0.05) is 30.3 Å². The van der Waals surface area contributed by atoms with Crippen LogP contribution < -0.4 is 5.32 Å². The minimum atomic E-state index is -3.57. The van der Waals surface area contributed by atoms with Gasteiger partial charge >= 0.3 is 12.1 Å². The second-order valence-electron chi connectivity index (χ2n) is 6.96. The molecule has 0 aromatic heterocycles. The van der Waals surface area contributed by atoms with Crippen LogP contribution in [0.5, 0.6) is 0 Å². The number of hydrogen-bond acceptors (Lipinski definition) is 5. The quantitative estimate of drug-likeness (QED) is 0.504. The molecule has 0 bridgehead atoms. The van der Waals surface area contributed by atoms with E-state index in [1.165, 1.54) is 0 Å². The summed E-state index contributed by atoms with van der Waals surface area (Å²) in [7, 11) is 0. The number of carbonyl (C=O) groups is 2. The van der Waals surface area contributed by atoms with Crippen LogP contribution >= 0.6 is 0 Å². The Morgan fingerprint density at radius 3 is 2.39 bits per heavy atom. The molecule has 0 aliphatic heterocycles. The summed E-state index contributed by atoms with van der Waals surface area (Å²) >= 11 is 0. The molecule has 0 saturated carbocycles. The number of amides is 1. The number of alkyl carbamates (subject to hydrolysis) is 1. The highest BCUT2D eigenvalue weighted by Gasteiger charge is 2.39. The Morgan fingerprint density at radius 2 is 1.82 bits per heavy atom. The van der Waals surface area contributed by atoms with E-state index in [-0.39, 0.29) is 13.2 Å². The van der Waals surface area contributed by atoms with Crippen LogP contribution in [0.4, 0.5) is 13.6 Å². The molecule has 0 aliphatic rings. The van der Waals surface area contributed by atoms with Crippen LogP contribution in [-0.2, 0) is 25.6 Å². The Labute approximate surface area is 163 Å². The molecule has 1 aromatic carbocycles. The lowest BCUT2D eigenvalue weighted by Crippen LogP contribution is -2.51. The van der Waals surface area contributed by atoms with Crippen LogP contribution in [0.15, 0.2) is 42.5 Å². The third kappa shape index (κ3) is 9.45. The van der Waals surface area contributed by atoms with E-state index >= 15 is 0 Å². The van der Waals surface area contributed by atoms with Crippen molar-refractivity contribution in [2.24, 2.45) is 0 Å². The van der Waals surface area contributed by atoms with E-state index in [9.17, 15) is 18.4 Å². The lowest BCUT2D eigenvalue weighted by molar-refractivity contribution is -0.137. The van der Waals surface area contributed by atoms with Crippen LogP contribution in [0.2, 0.25) is 0 Å². The molecule has 1 aromatic rings. The van der Waals surface area contributed by atoms with Gasteiger partial charge < -0.3 is 19.5 Å². The van der Waals surface area contributed by atoms with E-state index in [4.69, 9.17) is 9.47 Å². The number of halogens is 2.